The Balaban J connectivity index is 1.69. The Morgan fingerprint density at radius 1 is 1.24 bits per heavy atom. The summed E-state index contributed by atoms with van der Waals surface area (Å²) >= 11 is 4.68. The Morgan fingerprint density at radius 3 is 2.88 bits per heavy atom. The highest BCUT2D eigenvalue weighted by Gasteiger charge is 2.13. The van der Waals surface area contributed by atoms with Crippen LogP contribution in [0.1, 0.15) is 11.1 Å². The highest BCUT2D eigenvalue weighted by Crippen LogP contribution is 2.22. The molecule has 0 bridgehead atoms. The van der Waals surface area contributed by atoms with Gasteiger partial charge in [0.15, 0.2) is 0 Å². The molecule has 0 atom stereocenters. The molecule has 0 unspecified atom stereocenters. The van der Waals surface area contributed by atoms with Crippen molar-refractivity contribution in [1.82, 2.24) is 20.2 Å². The molecular formula is C17H16BrN5OS. The van der Waals surface area contributed by atoms with E-state index in [4.69, 9.17) is 0 Å². The Labute approximate surface area is 158 Å². The number of hydrogen-bond donors (Lipinski definition) is 1. The Bertz CT molecular complexity index is 912. The zero-order valence-electron chi connectivity index (χ0n) is 13.7. The first-order valence-electron chi connectivity index (χ1n) is 7.57. The number of amides is 1. The smallest absolute Gasteiger partial charge is 0.234 e. The first-order chi connectivity index (χ1) is 12.0. The number of anilines is 1. The second-order valence-corrected chi connectivity index (χ2v) is 7.37. The van der Waals surface area contributed by atoms with Crippen molar-refractivity contribution in [3.8, 4) is 5.69 Å². The predicted molar refractivity (Wildman–Crippen MR) is 102 cm³/mol. The van der Waals surface area contributed by atoms with Gasteiger partial charge >= 0.3 is 0 Å². The average molecular weight is 418 g/mol. The van der Waals surface area contributed by atoms with E-state index in [1.54, 1.807) is 4.68 Å². The molecule has 3 rings (SSSR count). The van der Waals surface area contributed by atoms with Gasteiger partial charge in [0.05, 0.1) is 11.4 Å². The normalized spacial score (nSPS) is 10.7. The molecule has 0 aliphatic carbocycles. The fraction of sp³-hybridized carbons (Fsp3) is 0.176. The molecule has 0 aliphatic heterocycles. The molecule has 3 aromatic rings. The van der Waals surface area contributed by atoms with E-state index in [1.807, 2.05) is 56.3 Å². The van der Waals surface area contributed by atoms with Crippen LogP contribution in [0.5, 0.6) is 0 Å². The number of thioether (sulfide) groups is 1. The molecule has 1 heterocycles. The summed E-state index contributed by atoms with van der Waals surface area (Å²) in [7, 11) is 0. The monoisotopic (exact) mass is 417 g/mol. The van der Waals surface area contributed by atoms with Crippen LogP contribution in [0.2, 0.25) is 0 Å². The number of nitrogens with one attached hydrogen (secondary N) is 1. The lowest BCUT2D eigenvalue weighted by Gasteiger charge is -2.09. The molecule has 1 N–H and O–H groups in total. The molecule has 0 spiro atoms. The highest BCUT2D eigenvalue weighted by molar-refractivity contribution is 9.10. The van der Waals surface area contributed by atoms with Crippen molar-refractivity contribution in [3.63, 3.8) is 0 Å². The summed E-state index contributed by atoms with van der Waals surface area (Å²) in [5, 5.41) is 15.3. The molecule has 8 heteroatoms. The molecular weight excluding hydrogens is 402 g/mol. The van der Waals surface area contributed by atoms with E-state index in [2.05, 4.69) is 36.8 Å². The number of carbonyl (C=O) groups is 1. The van der Waals surface area contributed by atoms with Gasteiger partial charge in [-0.05, 0) is 59.7 Å². The fourth-order valence-electron chi connectivity index (χ4n) is 2.26. The lowest BCUT2D eigenvalue weighted by atomic mass is 10.1. The van der Waals surface area contributed by atoms with Gasteiger partial charge in [0.2, 0.25) is 11.1 Å². The van der Waals surface area contributed by atoms with Gasteiger partial charge in [0.25, 0.3) is 0 Å². The van der Waals surface area contributed by atoms with E-state index in [0.717, 1.165) is 27.0 Å². The van der Waals surface area contributed by atoms with Crippen molar-refractivity contribution < 1.29 is 4.79 Å². The van der Waals surface area contributed by atoms with Crippen LogP contribution in [0.15, 0.2) is 52.1 Å². The lowest BCUT2D eigenvalue weighted by molar-refractivity contribution is -0.113. The van der Waals surface area contributed by atoms with E-state index in [9.17, 15) is 4.79 Å². The molecule has 25 heavy (non-hydrogen) atoms. The van der Waals surface area contributed by atoms with Crippen LogP contribution in [0, 0.1) is 13.8 Å². The molecule has 1 amide bonds. The van der Waals surface area contributed by atoms with E-state index >= 15 is 0 Å². The average Bonchev–Trinajstić information content (AvgIpc) is 3.03. The van der Waals surface area contributed by atoms with Crippen LogP contribution < -0.4 is 5.32 Å². The second-order valence-electron chi connectivity index (χ2n) is 5.51. The van der Waals surface area contributed by atoms with Gasteiger partial charge in [-0.25, -0.2) is 0 Å². The minimum Gasteiger partial charge on any atom is -0.325 e. The molecule has 0 saturated heterocycles. The molecule has 0 aliphatic rings. The van der Waals surface area contributed by atoms with Crippen LogP contribution in [0.25, 0.3) is 5.69 Å². The number of hydrogen-bond acceptors (Lipinski definition) is 5. The topological polar surface area (TPSA) is 72.7 Å². The number of aromatic nitrogens is 4. The number of rotatable bonds is 5. The van der Waals surface area contributed by atoms with Crippen LogP contribution >= 0.6 is 27.7 Å². The number of benzene rings is 2. The van der Waals surface area contributed by atoms with Crippen LogP contribution in [0.3, 0.4) is 0 Å². The first-order valence-corrected chi connectivity index (χ1v) is 9.35. The van der Waals surface area contributed by atoms with E-state index < -0.39 is 0 Å². The molecule has 0 radical (unpaired) electrons. The molecule has 2 aromatic carbocycles. The summed E-state index contributed by atoms with van der Waals surface area (Å²) in [5.74, 6) is 0.108. The maximum atomic E-state index is 12.2. The first kappa shape index (κ1) is 17.6. The van der Waals surface area contributed by atoms with Gasteiger partial charge in [0.1, 0.15) is 0 Å². The summed E-state index contributed by atoms with van der Waals surface area (Å²) in [4.78, 5) is 12.2. The molecule has 128 valence electrons. The Hall–Kier alpha value is -2.19. The van der Waals surface area contributed by atoms with Crippen molar-refractivity contribution in [3.05, 3.63) is 58.1 Å². The fourth-order valence-corrected chi connectivity index (χ4v) is 3.34. The van der Waals surface area contributed by atoms with Gasteiger partial charge in [-0.1, -0.05) is 45.9 Å². The van der Waals surface area contributed by atoms with E-state index in [0.29, 0.717) is 5.16 Å². The number of aryl methyl sites for hydroxylation is 2. The lowest BCUT2D eigenvalue weighted by Crippen LogP contribution is -2.14. The zero-order valence-corrected chi connectivity index (χ0v) is 16.1. The predicted octanol–water partition coefficient (Wildman–Crippen LogP) is 3.77. The van der Waals surface area contributed by atoms with Gasteiger partial charge < -0.3 is 5.32 Å². The largest absolute Gasteiger partial charge is 0.325 e. The summed E-state index contributed by atoms with van der Waals surface area (Å²) < 4.78 is 2.58. The minimum absolute atomic E-state index is 0.112. The van der Waals surface area contributed by atoms with Gasteiger partial charge in [-0.3, -0.25) is 4.79 Å². The third kappa shape index (κ3) is 4.46. The van der Waals surface area contributed by atoms with Crippen molar-refractivity contribution in [2.75, 3.05) is 11.1 Å². The quantitative estimate of drug-likeness (QED) is 0.639. The third-order valence-corrected chi connectivity index (χ3v) is 4.89. The SMILES string of the molecule is Cc1ccc(C)c(-n2nnnc2SCC(=O)Nc2cccc(Br)c2)c1. The number of nitrogens with zero attached hydrogens (tertiary/aromatic N) is 4. The van der Waals surface area contributed by atoms with Gasteiger partial charge in [-0.15, -0.1) is 5.10 Å². The van der Waals surface area contributed by atoms with Crippen molar-refractivity contribution in [1.29, 1.82) is 0 Å². The van der Waals surface area contributed by atoms with E-state index in [1.165, 1.54) is 11.8 Å². The molecule has 0 fully saturated rings. The van der Waals surface area contributed by atoms with Gasteiger partial charge in [0, 0.05) is 10.2 Å². The highest BCUT2D eigenvalue weighted by atomic mass is 79.9. The minimum atomic E-state index is -0.112. The summed E-state index contributed by atoms with van der Waals surface area (Å²) in [6, 6.07) is 13.6. The molecule has 0 saturated carbocycles. The number of halogens is 1. The van der Waals surface area contributed by atoms with Crippen LogP contribution in [-0.2, 0) is 4.79 Å². The van der Waals surface area contributed by atoms with E-state index in [-0.39, 0.29) is 11.7 Å². The molecule has 1 aromatic heterocycles. The van der Waals surface area contributed by atoms with Crippen molar-refractivity contribution in [2.24, 2.45) is 0 Å². The van der Waals surface area contributed by atoms with Gasteiger partial charge in [-0.2, -0.15) is 4.68 Å². The van der Waals surface area contributed by atoms with Crippen LogP contribution in [0.4, 0.5) is 5.69 Å². The Kier molecular flexibility index (Phi) is 5.50. The maximum Gasteiger partial charge on any atom is 0.234 e. The second kappa shape index (κ2) is 7.79. The summed E-state index contributed by atoms with van der Waals surface area (Å²) in [5.41, 5.74) is 3.85. The zero-order chi connectivity index (χ0) is 17.8. The maximum absolute atomic E-state index is 12.2. The van der Waals surface area contributed by atoms with Crippen molar-refractivity contribution >= 4 is 39.3 Å². The van der Waals surface area contributed by atoms with Crippen LogP contribution in [-0.4, -0.2) is 31.9 Å². The molecule has 6 nitrogen and oxygen atoms in total. The van der Waals surface area contributed by atoms with Crippen molar-refractivity contribution in [2.45, 2.75) is 19.0 Å². The number of tetrazole rings is 1. The Morgan fingerprint density at radius 2 is 2.08 bits per heavy atom. The summed E-state index contributed by atoms with van der Waals surface area (Å²) in [6.45, 7) is 4.02. The third-order valence-electron chi connectivity index (χ3n) is 3.47. The number of carbonyl (C=O) groups excluding carboxylic acids is 1. The standard InChI is InChI=1S/C17H16BrN5OS/c1-11-6-7-12(2)15(8-11)23-17(20-21-22-23)25-10-16(24)19-14-5-3-4-13(18)9-14/h3-9H,10H2,1-2H3,(H,19,24). The summed E-state index contributed by atoms with van der Waals surface area (Å²) in [6.07, 6.45) is 0.